The largest absolute Gasteiger partial charge is 0.367 e. The molecule has 0 amide bonds. The predicted molar refractivity (Wildman–Crippen MR) is 94.2 cm³/mol. The number of rotatable bonds is 2. The molecule has 0 unspecified atom stereocenters. The Morgan fingerprint density at radius 3 is 2.62 bits per heavy atom. The number of nitrogens with zero attached hydrogens (tertiary/aromatic N) is 3. The summed E-state index contributed by atoms with van der Waals surface area (Å²) in [6, 6.07) is 7.27. The average Bonchev–Trinajstić information content (AvgIpc) is 2.92. The molecule has 3 heterocycles. The zero-order valence-corrected chi connectivity index (χ0v) is 13.5. The first-order chi connectivity index (χ1) is 11.6. The first kappa shape index (κ1) is 14.8. The third-order valence-corrected chi connectivity index (χ3v) is 4.51. The van der Waals surface area contributed by atoms with E-state index >= 15 is 0 Å². The van der Waals surface area contributed by atoms with Crippen LogP contribution in [0.5, 0.6) is 0 Å². The van der Waals surface area contributed by atoms with Crippen molar-refractivity contribution in [2.24, 2.45) is 7.05 Å². The van der Waals surface area contributed by atoms with Gasteiger partial charge < -0.3 is 14.8 Å². The number of anilines is 1. The number of hydrogen-bond acceptors (Lipinski definition) is 4. The van der Waals surface area contributed by atoms with E-state index in [1.807, 2.05) is 25.2 Å². The molecule has 1 fully saturated rings. The molecule has 3 aromatic rings. The maximum Gasteiger partial charge on any atom is 0.332 e. The van der Waals surface area contributed by atoms with Crippen molar-refractivity contribution in [2.75, 3.05) is 31.1 Å². The topological polar surface area (TPSA) is 75.1 Å². The van der Waals surface area contributed by atoms with Gasteiger partial charge in [0.05, 0.1) is 16.9 Å². The van der Waals surface area contributed by atoms with Crippen molar-refractivity contribution in [3.05, 3.63) is 57.5 Å². The number of nitrogens with one attached hydrogen (secondary N) is 2. The molecule has 1 aromatic carbocycles. The first-order valence-corrected chi connectivity index (χ1v) is 8.00. The van der Waals surface area contributed by atoms with Gasteiger partial charge in [-0.3, -0.25) is 14.3 Å². The molecule has 0 bridgehead atoms. The number of piperazine rings is 1. The van der Waals surface area contributed by atoms with Gasteiger partial charge in [-0.15, -0.1) is 0 Å². The van der Waals surface area contributed by atoms with E-state index < -0.39 is 11.2 Å². The van der Waals surface area contributed by atoms with E-state index in [1.165, 1.54) is 27.9 Å². The van der Waals surface area contributed by atoms with Crippen LogP contribution in [0.1, 0.15) is 0 Å². The minimum atomic E-state index is -0.432. The summed E-state index contributed by atoms with van der Waals surface area (Å²) in [5, 5.41) is 4.53. The van der Waals surface area contributed by atoms with Gasteiger partial charge in [-0.25, -0.2) is 4.79 Å². The van der Waals surface area contributed by atoms with E-state index in [0.717, 1.165) is 37.4 Å². The molecule has 0 radical (unpaired) electrons. The monoisotopic (exact) mass is 325 g/mol. The molecule has 124 valence electrons. The van der Waals surface area contributed by atoms with Crippen LogP contribution in [0, 0.1) is 0 Å². The second-order valence-electron chi connectivity index (χ2n) is 6.04. The van der Waals surface area contributed by atoms with Crippen molar-refractivity contribution in [1.29, 1.82) is 0 Å². The molecule has 2 aromatic heterocycles. The minimum Gasteiger partial charge on any atom is -0.367 e. The van der Waals surface area contributed by atoms with Crippen LogP contribution >= 0.6 is 0 Å². The van der Waals surface area contributed by atoms with Crippen molar-refractivity contribution in [2.45, 2.75) is 0 Å². The van der Waals surface area contributed by atoms with Crippen LogP contribution in [0.25, 0.3) is 16.6 Å². The van der Waals surface area contributed by atoms with Gasteiger partial charge in [0, 0.05) is 57.1 Å². The normalized spacial score (nSPS) is 15.1. The highest BCUT2D eigenvalue weighted by molar-refractivity contribution is 5.94. The van der Waals surface area contributed by atoms with Crippen LogP contribution in [0.3, 0.4) is 0 Å². The summed E-state index contributed by atoms with van der Waals surface area (Å²) in [6.07, 6.45) is 3.64. The second-order valence-corrected chi connectivity index (χ2v) is 6.04. The lowest BCUT2D eigenvalue weighted by molar-refractivity contribution is 0.590. The second kappa shape index (κ2) is 5.68. The molecule has 1 aliphatic heterocycles. The van der Waals surface area contributed by atoms with Gasteiger partial charge in [0.1, 0.15) is 0 Å². The Bertz CT molecular complexity index is 1010. The number of aryl methyl sites for hydroxylation is 1. The van der Waals surface area contributed by atoms with Gasteiger partial charge in [0.25, 0.3) is 5.56 Å². The maximum atomic E-state index is 12.0. The van der Waals surface area contributed by atoms with Gasteiger partial charge >= 0.3 is 5.69 Å². The van der Waals surface area contributed by atoms with E-state index in [-0.39, 0.29) is 0 Å². The van der Waals surface area contributed by atoms with Gasteiger partial charge in [-0.1, -0.05) is 0 Å². The highest BCUT2D eigenvalue weighted by Crippen LogP contribution is 2.30. The molecule has 4 rings (SSSR count). The lowest BCUT2D eigenvalue weighted by atomic mass is 10.2. The van der Waals surface area contributed by atoms with Crippen LogP contribution < -0.4 is 21.5 Å². The molecule has 2 N–H and O–H groups in total. The summed E-state index contributed by atoms with van der Waals surface area (Å²) in [7, 11) is 2.01. The number of aromatic nitrogens is 3. The van der Waals surface area contributed by atoms with Gasteiger partial charge in [-0.05, 0) is 18.2 Å². The van der Waals surface area contributed by atoms with E-state index in [9.17, 15) is 9.59 Å². The number of H-pyrrole nitrogens is 1. The third-order valence-electron chi connectivity index (χ3n) is 4.51. The molecular formula is C17H19N5O2. The molecule has 0 atom stereocenters. The molecule has 1 aliphatic rings. The van der Waals surface area contributed by atoms with Crippen LogP contribution in [0.2, 0.25) is 0 Å². The highest BCUT2D eigenvalue weighted by atomic mass is 16.2. The Hall–Kier alpha value is -2.80. The Labute approximate surface area is 138 Å². The Balaban J connectivity index is 1.83. The van der Waals surface area contributed by atoms with E-state index in [4.69, 9.17) is 0 Å². The molecule has 0 aliphatic carbocycles. The molecule has 0 saturated carbocycles. The fourth-order valence-corrected chi connectivity index (χ4v) is 3.28. The lowest BCUT2D eigenvalue weighted by Gasteiger charge is -2.28. The molecule has 0 spiro atoms. The molecule has 24 heavy (non-hydrogen) atoms. The van der Waals surface area contributed by atoms with Crippen molar-refractivity contribution in [3.63, 3.8) is 0 Å². The van der Waals surface area contributed by atoms with Gasteiger partial charge in [0.15, 0.2) is 0 Å². The minimum absolute atomic E-state index is 0.391. The molecule has 7 nitrogen and oxygen atoms in total. The van der Waals surface area contributed by atoms with Crippen molar-refractivity contribution < 1.29 is 0 Å². The average molecular weight is 325 g/mol. The number of fused-ring (bicyclic) bond motifs is 1. The number of benzene rings is 1. The van der Waals surface area contributed by atoms with Crippen LogP contribution in [-0.2, 0) is 7.05 Å². The molecule has 7 heteroatoms. The fourth-order valence-electron chi connectivity index (χ4n) is 3.28. The Morgan fingerprint density at radius 1 is 1.08 bits per heavy atom. The summed E-state index contributed by atoms with van der Waals surface area (Å²) in [5.74, 6) is 0. The smallest absolute Gasteiger partial charge is 0.332 e. The summed E-state index contributed by atoms with van der Waals surface area (Å²) in [4.78, 5) is 27.9. The van der Waals surface area contributed by atoms with Gasteiger partial charge in [0.2, 0.25) is 0 Å². The van der Waals surface area contributed by atoms with Crippen molar-refractivity contribution in [1.82, 2.24) is 19.4 Å². The number of hydrogen-bond donors (Lipinski definition) is 2. The van der Waals surface area contributed by atoms with E-state index in [1.54, 1.807) is 0 Å². The molecular weight excluding hydrogens is 306 g/mol. The number of aromatic amines is 1. The van der Waals surface area contributed by atoms with Crippen LogP contribution in [0.4, 0.5) is 5.69 Å². The van der Waals surface area contributed by atoms with Crippen molar-refractivity contribution >= 4 is 16.6 Å². The standard InChI is InChI=1S/C17H19N5O2/c1-20-11-15(21-8-5-18-6-9-21)13-3-2-12(10-14(13)20)22-7-4-16(23)19-17(22)24/h2-4,7,10-11,18H,5-6,8-9H2,1H3,(H,19,23,24). The van der Waals surface area contributed by atoms with Crippen molar-refractivity contribution in [3.8, 4) is 5.69 Å². The quantitative estimate of drug-likeness (QED) is 0.716. The zero-order chi connectivity index (χ0) is 16.7. The lowest BCUT2D eigenvalue weighted by Crippen LogP contribution is -2.43. The van der Waals surface area contributed by atoms with Gasteiger partial charge in [-0.2, -0.15) is 0 Å². The van der Waals surface area contributed by atoms with Crippen LogP contribution in [-0.4, -0.2) is 40.3 Å². The Kier molecular flexibility index (Phi) is 3.50. The summed E-state index contributed by atoms with van der Waals surface area (Å²) in [5.41, 5.74) is 2.18. The van der Waals surface area contributed by atoms with Crippen LogP contribution in [0.15, 0.2) is 46.2 Å². The third kappa shape index (κ3) is 2.43. The summed E-state index contributed by atoms with van der Waals surface area (Å²) < 4.78 is 3.52. The Morgan fingerprint density at radius 2 is 1.88 bits per heavy atom. The van der Waals surface area contributed by atoms with E-state index in [0.29, 0.717) is 0 Å². The maximum absolute atomic E-state index is 12.0. The summed E-state index contributed by atoms with van der Waals surface area (Å²) >= 11 is 0. The summed E-state index contributed by atoms with van der Waals surface area (Å²) in [6.45, 7) is 3.95. The molecule has 1 saturated heterocycles. The predicted octanol–water partition coefficient (Wildman–Crippen LogP) is 0.427. The fraction of sp³-hybridized carbons (Fsp3) is 0.294. The first-order valence-electron chi connectivity index (χ1n) is 8.00. The highest BCUT2D eigenvalue weighted by Gasteiger charge is 2.16. The van der Waals surface area contributed by atoms with E-state index in [2.05, 4.69) is 26.0 Å². The zero-order valence-electron chi connectivity index (χ0n) is 13.5. The SMILES string of the molecule is Cn1cc(N2CCNCC2)c2ccc(-n3ccc(=O)[nH]c3=O)cc21.